The molecule has 3 rings (SSSR count). The summed E-state index contributed by atoms with van der Waals surface area (Å²) in [6, 6.07) is 7.59. The summed E-state index contributed by atoms with van der Waals surface area (Å²) in [6.45, 7) is 0.543. The zero-order valence-electron chi connectivity index (χ0n) is 12.4. The van der Waals surface area contributed by atoms with Gasteiger partial charge in [-0.1, -0.05) is 11.6 Å². The lowest BCUT2D eigenvalue weighted by molar-refractivity contribution is 0.324. The Bertz CT molecular complexity index is 728. The highest BCUT2D eigenvalue weighted by atomic mass is 35.5. The lowest BCUT2D eigenvalue weighted by Gasteiger charge is -2.14. The lowest BCUT2D eigenvalue weighted by Crippen LogP contribution is -1.97. The van der Waals surface area contributed by atoms with E-state index in [0.717, 1.165) is 34.0 Å². The zero-order chi connectivity index (χ0) is 15.5. The number of nitrogens with zero attached hydrogens (tertiary/aromatic N) is 1. The predicted octanol–water partition coefficient (Wildman–Crippen LogP) is 4.04. The molecule has 2 heterocycles. The van der Waals surface area contributed by atoms with Crippen molar-refractivity contribution in [3.05, 3.63) is 52.8 Å². The fourth-order valence-corrected chi connectivity index (χ4v) is 2.82. The highest BCUT2D eigenvalue weighted by Gasteiger charge is 2.22. The fourth-order valence-electron chi connectivity index (χ4n) is 2.59. The maximum Gasteiger partial charge on any atom is 0.133 e. The third-order valence-corrected chi connectivity index (χ3v) is 3.92. The Morgan fingerprint density at radius 2 is 2.00 bits per heavy atom. The van der Waals surface area contributed by atoms with Gasteiger partial charge in [0.15, 0.2) is 0 Å². The molecule has 1 aliphatic rings. The van der Waals surface area contributed by atoms with Gasteiger partial charge in [0.25, 0.3) is 0 Å². The second-order valence-electron chi connectivity index (χ2n) is 4.83. The molecular formula is C17H16ClNO3. The molecule has 0 saturated carbocycles. The number of benzene rings is 1. The molecule has 5 heteroatoms. The minimum Gasteiger partial charge on any atom is -0.497 e. The van der Waals surface area contributed by atoms with Crippen LogP contribution < -0.4 is 9.47 Å². The van der Waals surface area contributed by atoms with E-state index in [2.05, 4.69) is 4.98 Å². The van der Waals surface area contributed by atoms with E-state index in [1.807, 2.05) is 24.3 Å². The van der Waals surface area contributed by atoms with Gasteiger partial charge in [-0.2, -0.15) is 0 Å². The molecule has 1 aromatic heterocycles. The van der Waals surface area contributed by atoms with Crippen LogP contribution in [0.25, 0.3) is 11.3 Å². The van der Waals surface area contributed by atoms with E-state index in [0.29, 0.717) is 18.1 Å². The van der Waals surface area contributed by atoms with Gasteiger partial charge in [0.05, 0.1) is 31.4 Å². The quantitative estimate of drug-likeness (QED) is 0.856. The molecular weight excluding hydrogens is 302 g/mol. The summed E-state index contributed by atoms with van der Waals surface area (Å²) in [5.74, 6) is 2.26. The normalized spacial score (nSPS) is 14.0. The van der Waals surface area contributed by atoms with Crippen LogP contribution in [0.5, 0.6) is 11.5 Å². The Morgan fingerprint density at radius 1 is 1.14 bits per heavy atom. The van der Waals surface area contributed by atoms with E-state index >= 15 is 0 Å². The topological polar surface area (TPSA) is 40.6 Å². The summed E-state index contributed by atoms with van der Waals surface area (Å²) in [7, 11) is 3.29. The van der Waals surface area contributed by atoms with Crippen LogP contribution in [-0.4, -0.2) is 25.8 Å². The van der Waals surface area contributed by atoms with Crippen LogP contribution in [0.3, 0.4) is 0 Å². The highest BCUT2D eigenvalue weighted by molar-refractivity contribution is 6.32. The molecule has 1 aliphatic heterocycles. The molecule has 0 bridgehead atoms. The molecule has 0 unspecified atom stereocenters. The largest absolute Gasteiger partial charge is 0.497 e. The van der Waals surface area contributed by atoms with Crippen molar-refractivity contribution >= 4 is 22.9 Å². The smallest absolute Gasteiger partial charge is 0.133 e. The van der Waals surface area contributed by atoms with Gasteiger partial charge in [-0.15, -0.1) is 0 Å². The van der Waals surface area contributed by atoms with Gasteiger partial charge in [0.1, 0.15) is 17.3 Å². The second kappa shape index (κ2) is 6.28. The molecule has 0 atom stereocenters. The van der Waals surface area contributed by atoms with E-state index in [-0.39, 0.29) is 0 Å². The molecule has 0 fully saturated rings. The van der Waals surface area contributed by atoms with E-state index in [4.69, 9.17) is 25.8 Å². The van der Waals surface area contributed by atoms with Gasteiger partial charge in [-0.05, 0) is 18.2 Å². The average Bonchev–Trinajstić information content (AvgIpc) is 2.73. The Morgan fingerprint density at radius 3 is 2.73 bits per heavy atom. The number of methoxy groups -OCH3 is 2. The van der Waals surface area contributed by atoms with Crippen LogP contribution in [0.2, 0.25) is 5.02 Å². The monoisotopic (exact) mass is 317 g/mol. The third kappa shape index (κ3) is 2.62. The first-order valence-corrected chi connectivity index (χ1v) is 7.30. The van der Waals surface area contributed by atoms with Crippen molar-refractivity contribution in [1.29, 1.82) is 0 Å². The van der Waals surface area contributed by atoms with Crippen LogP contribution in [-0.2, 0) is 4.74 Å². The summed E-state index contributed by atoms with van der Waals surface area (Å²) >= 11 is 6.29. The number of fused-ring (bicyclic) bond motifs is 1. The molecule has 1 aromatic carbocycles. The Labute approximate surface area is 134 Å². The number of ether oxygens (including phenoxy) is 3. The molecule has 0 N–H and O–H groups in total. The average molecular weight is 318 g/mol. The van der Waals surface area contributed by atoms with Gasteiger partial charge in [0.2, 0.25) is 0 Å². The highest BCUT2D eigenvalue weighted by Crippen LogP contribution is 2.40. The van der Waals surface area contributed by atoms with Crippen LogP contribution in [0.4, 0.5) is 0 Å². The van der Waals surface area contributed by atoms with Crippen molar-refractivity contribution in [2.24, 2.45) is 0 Å². The predicted molar refractivity (Wildman–Crippen MR) is 86.2 cm³/mol. The summed E-state index contributed by atoms with van der Waals surface area (Å²) in [5.41, 5.74) is 2.82. The SMILES string of the molecule is COC1=C(c2ccncc2Cl)CCOc2cc(OC)ccc21. The molecule has 2 aromatic rings. The zero-order valence-corrected chi connectivity index (χ0v) is 13.2. The van der Waals surface area contributed by atoms with Gasteiger partial charge in [-0.25, -0.2) is 0 Å². The number of pyridine rings is 1. The standard InChI is InChI=1S/C17H16ClNO3/c1-20-11-3-4-14-16(9-11)22-8-6-13(17(14)21-2)12-5-7-19-10-15(12)18/h3-5,7,9-10H,6,8H2,1-2H3. The van der Waals surface area contributed by atoms with Crippen molar-refractivity contribution in [2.45, 2.75) is 6.42 Å². The Kier molecular flexibility index (Phi) is 4.20. The summed E-state index contributed by atoms with van der Waals surface area (Å²) in [5, 5.41) is 0.601. The lowest BCUT2D eigenvalue weighted by atomic mass is 9.99. The molecule has 0 radical (unpaired) electrons. The maximum absolute atomic E-state index is 6.29. The number of aromatic nitrogens is 1. The molecule has 0 amide bonds. The minimum atomic E-state index is 0.543. The van der Waals surface area contributed by atoms with Crippen LogP contribution in [0.1, 0.15) is 17.5 Å². The Hall–Kier alpha value is -2.20. The van der Waals surface area contributed by atoms with Crippen molar-refractivity contribution in [2.75, 3.05) is 20.8 Å². The van der Waals surface area contributed by atoms with Gasteiger partial charge < -0.3 is 14.2 Å². The van der Waals surface area contributed by atoms with Gasteiger partial charge in [0, 0.05) is 36.0 Å². The first-order chi connectivity index (χ1) is 10.7. The second-order valence-corrected chi connectivity index (χ2v) is 5.24. The van der Waals surface area contributed by atoms with Gasteiger partial charge in [-0.3, -0.25) is 4.98 Å². The van der Waals surface area contributed by atoms with Crippen molar-refractivity contribution in [1.82, 2.24) is 4.98 Å². The van der Waals surface area contributed by atoms with Crippen molar-refractivity contribution < 1.29 is 14.2 Å². The molecule has 0 spiro atoms. The first kappa shape index (κ1) is 14.7. The molecule has 4 nitrogen and oxygen atoms in total. The van der Waals surface area contributed by atoms with Crippen LogP contribution in [0, 0.1) is 0 Å². The van der Waals surface area contributed by atoms with Crippen LogP contribution >= 0.6 is 11.6 Å². The number of rotatable bonds is 3. The van der Waals surface area contributed by atoms with Crippen LogP contribution in [0.15, 0.2) is 36.7 Å². The summed E-state index contributed by atoms with van der Waals surface area (Å²) in [6.07, 6.45) is 4.06. The molecule has 0 saturated heterocycles. The van der Waals surface area contributed by atoms with Crippen molar-refractivity contribution in [3.63, 3.8) is 0 Å². The maximum atomic E-state index is 6.29. The fraction of sp³-hybridized carbons (Fsp3) is 0.235. The van der Waals surface area contributed by atoms with E-state index in [9.17, 15) is 0 Å². The summed E-state index contributed by atoms with van der Waals surface area (Å²) < 4.78 is 16.8. The van der Waals surface area contributed by atoms with E-state index in [1.54, 1.807) is 26.6 Å². The molecule has 22 heavy (non-hydrogen) atoms. The molecule has 114 valence electrons. The Balaban J connectivity index is 2.19. The number of hydrogen-bond donors (Lipinski definition) is 0. The van der Waals surface area contributed by atoms with E-state index in [1.165, 1.54) is 0 Å². The first-order valence-electron chi connectivity index (χ1n) is 6.93. The van der Waals surface area contributed by atoms with Crippen molar-refractivity contribution in [3.8, 4) is 11.5 Å². The van der Waals surface area contributed by atoms with Gasteiger partial charge >= 0.3 is 0 Å². The number of halogens is 1. The third-order valence-electron chi connectivity index (χ3n) is 3.62. The number of hydrogen-bond acceptors (Lipinski definition) is 4. The summed E-state index contributed by atoms with van der Waals surface area (Å²) in [4.78, 5) is 4.04. The van der Waals surface area contributed by atoms with E-state index < -0.39 is 0 Å². The molecule has 0 aliphatic carbocycles. The minimum absolute atomic E-state index is 0.543.